The summed E-state index contributed by atoms with van der Waals surface area (Å²) in [5.74, 6) is 0.616. The number of pyridine rings is 2. The predicted molar refractivity (Wildman–Crippen MR) is 118 cm³/mol. The predicted octanol–water partition coefficient (Wildman–Crippen LogP) is 2.61. The van der Waals surface area contributed by atoms with Crippen LogP contribution in [0, 0.1) is 0 Å². The van der Waals surface area contributed by atoms with Gasteiger partial charge >= 0.3 is 0 Å². The summed E-state index contributed by atoms with van der Waals surface area (Å²) in [6, 6.07) is 7.99. The fraction of sp³-hybridized carbons (Fsp3) is 0.364. The van der Waals surface area contributed by atoms with Crippen molar-refractivity contribution in [3.05, 3.63) is 53.3 Å². The third-order valence-corrected chi connectivity index (χ3v) is 6.17. The first-order valence-electron chi connectivity index (χ1n) is 10.2. The fourth-order valence-corrected chi connectivity index (χ4v) is 4.44. The number of fused-ring (bicyclic) bond motifs is 1. The Morgan fingerprint density at radius 1 is 1.20 bits per heavy atom. The van der Waals surface area contributed by atoms with Gasteiger partial charge in [-0.25, -0.2) is 4.98 Å². The van der Waals surface area contributed by atoms with E-state index in [-0.39, 0.29) is 18.2 Å². The number of thiophene rings is 1. The number of nitrogens with zero attached hydrogens (tertiary/aromatic N) is 4. The summed E-state index contributed by atoms with van der Waals surface area (Å²) in [5.41, 5.74) is 2.00. The minimum Gasteiger partial charge on any atom is -0.353 e. The van der Waals surface area contributed by atoms with Gasteiger partial charge in [0.05, 0.1) is 0 Å². The molecule has 156 valence electrons. The number of amides is 2. The number of rotatable bonds is 6. The standard InChI is InChI=1S/C22H25N5O2S/c1-2-17-12-19-18(5-11-30-19)22(25-17)27-9-7-26(8-10-27)21(29)13-20(28)24-15-16-4-3-6-23-14-16/h3-6,11-12,14H,2,7-10,13,15H2,1H3,(H,24,28). The van der Waals surface area contributed by atoms with Crippen LogP contribution in [-0.2, 0) is 22.6 Å². The molecule has 0 atom stereocenters. The zero-order valence-corrected chi connectivity index (χ0v) is 17.8. The van der Waals surface area contributed by atoms with Gasteiger partial charge in [-0.05, 0) is 35.6 Å². The normalized spacial score (nSPS) is 14.2. The van der Waals surface area contributed by atoms with Crippen LogP contribution in [0.15, 0.2) is 42.0 Å². The molecule has 0 bridgehead atoms. The highest BCUT2D eigenvalue weighted by Gasteiger charge is 2.24. The molecule has 4 heterocycles. The Balaban J connectivity index is 1.31. The summed E-state index contributed by atoms with van der Waals surface area (Å²) in [5, 5.41) is 6.06. The third-order valence-electron chi connectivity index (χ3n) is 5.30. The Bertz CT molecular complexity index is 1030. The van der Waals surface area contributed by atoms with Crippen LogP contribution in [0.3, 0.4) is 0 Å². The van der Waals surface area contributed by atoms with Crippen LogP contribution in [0.1, 0.15) is 24.6 Å². The van der Waals surface area contributed by atoms with Crippen molar-refractivity contribution in [2.45, 2.75) is 26.3 Å². The van der Waals surface area contributed by atoms with E-state index in [0.717, 1.165) is 23.5 Å². The van der Waals surface area contributed by atoms with Crippen LogP contribution < -0.4 is 10.2 Å². The van der Waals surface area contributed by atoms with E-state index in [2.05, 4.69) is 39.6 Å². The zero-order valence-electron chi connectivity index (χ0n) is 17.0. The van der Waals surface area contributed by atoms with E-state index < -0.39 is 0 Å². The molecule has 0 aliphatic carbocycles. The minimum atomic E-state index is -0.261. The number of nitrogens with one attached hydrogen (secondary N) is 1. The molecule has 1 aliphatic rings. The zero-order chi connectivity index (χ0) is 20.9. The summed E-state index contributed by atoms with van der Waals surface area (Å²) in [4.78, 5) is 37.6. The van der Waals surface area contributed by atoms with E-state index in [1.54, 1.807) is 28.6 Å². The van der Waals surface area contributed by atoms with Crippen LogP contribution in [0.25, 0.3) is 10.1 Å². The number of hydrogen-bond acceptors (Lipinski definition) is 6. The SMILES string of the molecule is CCc1cc2sccc2c(N2CCN(C(=O)CC(=O)NCc3cccnc3)CC2)n1. The molecule has 1 aliphatic heterocycles. The van der Waals surface area contributed by atoms with Crippen LogP contribution in [0.2, 0.25) is 0 Å². The highest BCUT2D eigenvalue weighted by molar-refractivity contribution is 7.17. The maximum Gasteiger partial charge on any atom is 0.232 e. The smallest absolute Gasteiger partial charge is 0.232 e. The maximum atomic E-state index is 12.6. The van der Waals surface area contributed by atoms with Gasteiger partial charge in [-0.2, -0.15) is 0 Å². The highest BCUT2D eigenvalue weighted by atomic mass is 32.1. The van der Waals surface area contributed by atoms with Crippen LogP contribution in [0.4, 0.5) is 5.82 Å². The van der Waals surface area contributed by atoms with Gasteiger partial charge in [0.2, 0.25) is 11.8 Å². The van der Waals surface area contributed by atoms with Crippen molar-refractivity contribution in [2.75, 3.05) is 31.1 Å². The fourth-order valence-electron chi connectivity index (χ4n) is 3.60. The summed E-state index contributed by atoms with van der Waals surface area (Å²) in [6.07, 6.45) is 4.16. The molecule has 0 unspecified atom stereocenters. The monoisotopic (exact) mass is 423 g/mol. The van der Waals surface area contributed by atoms with E-state index in [1.807, 2.05) is 12.1 Å². The van der Waals surface area contributed by atoms with Crippen LogP contribution in [-0.4, -0.2) is 52.9 Å². The molecule has 1 fully saturated rings. The van der Waals surface area contributed by atoms with Crippen molar-refractivity contribution < 1.29 is 9.59 Å². The maximum absolute atomic E-state index is 12.6. The molecular formula is C22H25N5O2S. The Morgan fingerprint density at radius 3 is 2.77 bits per heavy atom. The first kappa shape index (κ1) is 20.3. The van der Waals surface area contributed by atoms with E-state index in [4.69, 9.17) is 4.98 Å². The second-order valence-electron chi connectivity index (χ2n) is 7.31. The summed E-state index contributed by atoms with van der Waals surface area (Å²) < 4.78 is 1.25. The molecule has 7 nitrogen and oxygen atoms in total. The number of aryl methyl sites for hydroxylation is 1. The largest absolute Gasteiger partial charge is 0.353 e. The lowest BCUT2D eigenvalue weighted by Gasteiger charge is -2.35. The van der Waals surface area contributed by atoms with Gasteiger partial charge in [0.1, 0.15) is 12.2 Å². The van der Waals surface area contributed by atoms with Gasteiger partial charge in [0.15, 0.2) is 0 Å². The van der Waals surface area contributed by atoms with Crippen LogP contribution >= 0.6 is 11.3 Å². The second-order valence-corrected chi connectivity index (χ2v) is 8.25. The van der Waals surface area contributed by atoms with Crippen molar-refractivity contribution in [3.8, 4) is 0 Å². The number of aromatic nitrogens is 2. The van der Waals surface area contributed by atoms with E-state index >= 15 is 0 Å². The molecular weight excluding hydrogens is 398 g/mol. The number of carbonyl (C=O) groups is 2. The van der Waals surface area contributed by atoms with Gasteiger partial charge in [-0.1, -0.05) is 13.0 Å². The lowest BCUT2D eigenvalue weighted by Crippen LogP contribution is -2.49. The molecule has 0 saturated carbocycles. The van der Waals surface area contributed by atoms with Crippen LogP contribution in [0.5, 0.6) is 0 Å². The Morgan fingerprint density at radius 2 is 2.03 bits per heavy atom. The third kappa shape index (κ3) is 4.59. The van der Waals surface area contributed by atoms with Gasteiger partial charge in [-0.3, -0.25) is 14.6 Å². The van der Waals surface area contributed by atoms with Gasteiger partial charge in [-0.15, -0.1) is 11.3 Å². The average molecular weight is 424 g/mol. The van der Waals surface area contributed by atoms with E-state index in [0.29, 0.717) is 32.7 Å². The first-order valence-corrected chi connectivity index (χ1v) is 11.1. The van der Waals surface area contributed by atoms with E-state index in [1.165, 1.54) is 10.1 Å². The van der Waals surface area contributed by atoms with Gasteiger partial charge in [0.25, 0.3) is 0 Å². The average Bonchev–Trinajstić information content (AvgIpc) is 3.26. The Hall–Kier alpha value is -3.00. The summed E-state index contributed by atoms with van der Waals surface area (Å²) in [6.45, 7) is 5.12. The lowest BCUT2D eigenvalue weighted by atomic mass is 10.2. The minimum absolute atomic E-state index is 0.126. The summed E-state index contributed by atoms with van der Waals surface area (Å²) in [7, 11) is 0. The number of carbonyl (C=O) groups excluding carboxylic acids is 2. The molecule has 30 heavy (non-hydrogen) atoms. The molecule has 0 radical (unpaired) electrons. The topological polar surface area (TPSA) is 78.4 Å². The van der Waals surface area contributed by atoms with Crippen molar-refractivity contribution >= 4 is 39.1 Å². The molecule has 3 aromatic rings. The highest BCUT2D eigenvalue weighted by Crippen LogP contribution is 2.30. The Labute approximate surface area is 179 Å². The van der Waals surface area contributed by atoms with Crippen molar-refractivity contribution in [3.63, 3.8) is 0 Å². The number of anilines is 1. The van der Waals surface area contributed by atoms with Crippen molar-refractivity contribution in [1.82, 2.24) is 20.2 Å². The molecule has 1 saturated heterocycles. The Kier molecular flexibility index (Phi) is 6.23. The lowest BCUT2D eigenvalue weighted by molar-refractivity contribution is -0.136. The quantitative estimate of drug-likeness (QED) is 0.617. The molecule has 4 rings (SSSR count). The second kappa shape index (κ2) is 9.21. The molecule has 0 spiro atoms. The van der Waals surface area contributed by atoms with Gasteiger partial charge < -0.3 is 15.1 Å². The molecule has 0 aromatic carbocycles. The van der Waals surface area contributed by atoms with Crippen molar-refractivity contribution in [2.24, 2.45) is 0 Å². The van der Waals surface area contributed by atoms with E-state index in [9.17, 15) is 9.59 Å². The summed E-state index contributed by atoms with van der Waals surface area (Å²) >= 11 is 1.73. The number of hydrogen-bond donors (Lipinski definition) is 1. The molecule has 8 heteroatoms. The molecule has 1 N–H and O–H groups in total. The number of piperazine rings is 1. The van der Waals surface area contributed by atoms with Gasteiger partial charge in [0, 0.05) is 60.9 Å². The molecule has 2 amide bonds. The van der Waals surface area contributed by atoms with Crippen molar-refractivity contribution in [1.29, 1.82) is 0 Å². The molecule has 3 aromatic heterocycles. The first-order chi connectivity index (χ1) is 14.6.